The summed E-state index contributed by atoms with van der Waals surface area (Å²) in [6.07, 6.45) is 19.0. The minimum absolute atomic E-state index is 0.152. The highest BCUT2D eigenvalue weighted by Gasteiger charge is 2.45. The van der Waals surface area contributed by atoms with Crippen LogP contribution in [0.1, 0.15) is 28.8 Å². The molecule has 3 heterocycles. The highest BCUT2D eigenvalue weighted by atomic mass is 16.1. The number of hydrogen-bond acceptors (Lipinski definition) is 7. The maximum Gasteiger partial charge on any atom is 0.223 e. The molecule has 0 radical (unpaired) electrons. The van der Waals surface area contributed by atoms with Crippen LogP contribution in [0.5, 0.6) is 0 Å². The van der Waals surface area contributed by atoms with Crippen molar-refractivity contribution in [3.8, 4) is 0 Å². The average molecular weight is 332 g/mol. The minimum atomic E-state index is -0.201. The number of rotatable bonds is 5. The SMILES string of the molecule is O=C(C1=CC=CC=CN1)c1cnc(NC2(c3cncnc3)CC2)nc1. The largest absolute Gasteiger partial charge is 0.359 e. The van der Waals surface area contributed by atoms with E-state index in [0.717, 1.165) is 18.4 Å². The first-order valence-electron chi connectivity index (χ1n) is 7.97. The number of aromatic nitrogens is 4. The summed E-state index contributed by atoms with van der Waals surface area (Å²) in [4.78, 5) is 29.2. The fourth-order valence-corrected chi connectivity index (χ4v) is 2.64. The average Bonchev–Trinajstić information content (AvgIpc) is 3.47. The van der Waals surface area contributed by atoms with E-state index in [1.807, 2.05) is 12.2 Å². The van der Waals surface area contributed by atoms with E-state index in [4.69, 9.17) is 0 Å². The van der Waals surface area contributed by atoms with Gasteiger partial charge in [-0.1, -0.05) is 12.2 Å². The quantitative estimate of drug-likeness (QED) is 0.810. The van der Waals surface area contributed by atoms with E-state index in [2.05, 4.69) is 30.6 Å². The summed E-state index contributed by atoms with van der Waals surface area (Å²) in [5.74, 6) is 0.334. The Morgan fingerprint density at radius 2 is 1.80 bits per heavy atom. The summed E-state index contributed by atoms with van der Waals surface area (Å²) < 4.78 is 0. The molecule has 0 aromatic carbocycles. The van der Waals surface area contributed by atoms with Crippen molar-refractivity contribution in [2.24, 2.45) is 0 Å². The van der Waals surface area contributed by atoms with Crippen molar-refractivity contribution in [1.29, 1.82) is 0 Å². The van der Waals surface area contributed by atoms with Crippen molar-refractivity contribution < 1.29 is 4.79 Å². The summed E-state index contributed by atoms with van der Waals surface area (Å²) in [5, 5.41) is 6.28. The van der Waals surface area contributed by atoms with E-state index in [1.54, 1.807) is 30.7 Å². The Balaban J connectivity index is 1.49. The lowest BCUT2D eigenvalue weighted by Crippen LogP contribution is -2.21. The minimum Gasteiger partial charge on any atom is -0.359 e. The number of allylic oxidation sites excluding steroid dienone is 5. The number of anilines is 1. The molecule has 2 aliphatic rings. The second kappa shape index (κ2) is 6.27. The van der Waals surface area contributed by atoms with Gasteiger partial charge in [0.25, 0.3) is 0 Å². The van der Waals surface area contributed by atoms with Gasteiger partial charge in [0.1, 0.15) is 6.33 Å². The number of ketones is 1. The molecular weight excluding hydrogens is 316 g/mol. The van der Waals surface area contributed by atoms with Crippen LogP contribution in [0.2, 0.25) is 0 Å². The number of carbonyl (C=O) groups excluding carboxylic acids is 1. The molecule has 4 rings (SSSR count). The topological polar surface area (TPSA) is 92.7 Å². The van der Waals surface area contributed by atoms with Crippen molar-refractivity contribution >= 4 is 11.7 Å². The molecule has 0 amide bonds. The van der Waals surface area contributed by atoms with Crippen LogP contribution in [-0.4, -0.2) is 25.7 Å². The third kappa shape index (κ3) is 3.16. The Bertz CT molecular complexity index is 866. The van der Waals surface area contributed by atoms with Crippen LogP contribution in [-0.2, 0) is 5.54 Å². The van der Waals surface area contributed by atoms with Crippen LogP contribution in [0.25, 0.3) is 0 Å². The van der Waals surface area contributed by atoms with E-state index in [0.29, 0.717) is 17.2 Å². The number of nitrogens with zero attached hydrogens (tertiary/aromatic N) is 4. The highest BCUT2D eigenvalue weighted by molar-refractivity contribution is 6.08. The maximum absolute atomic E-state index is 12.5. The standard InChI is InChI=1S/C18H16N6O/c25-16(15-4-2-1-3-7-21-15)13-8-22-17(23-9-13)24-18(5-6-18)14-10-19-12-20-11-14/h1-4,7-12,21H,5-6H2,(H,22,23,24). The van der Waals surface area contributed by atoms with Crippen LogP contribution in [0.15, 0.2) is 67.3 Å². The monoisotopic (exact) mass is 332 g/mol. The lowest BCUT2D eigenvalue weighted by Gasteiger charge is -2.16. The van der Waals surface area contributed by atoms with E-state index in [9.17, 15) is 4.79 Å². The van der Waals surface area contributed by atoms with Gasteiger partial charge in [0.15, 0.2) is 0 Å². The van der Waals surface area contributed by atoms with Gasteiger partial charge in [0, 0.05) is 36.6 Å². The van der Waals surface area contributed by atoms with Crippen molar-refractivity contribution in [1.82, 2.24) is 25.3 Å². The smallest absolute Gasteiger partial charge is 0.223 e. The maximum atomic E-state index is 12.5. The fraction of sp³-hybridized carbons (Fsp3) is 0.167. The molecule has 1 saturated carbocycles. The van der Waals surface area contributed by atoms with Crippen LogP contribution in [0.3, 0.4) is 0 Å². The fourth-order valence-electron chi connectivity index (χ4n) is 2.64. The molecule has 2 aromatic rings. The lowest BCUT2D eigenvalue weighted by atomic mass is 10.1. The first-order valence-corrected chi connectivity index (χ1v) is 7.97. The molecule has 1 fully saturated rings. The molecule has 2 aromatic heterocycles. The molecule has 1 aliphatic heterocycles. The molecule has 0 atom stereocenters. The zero-order chi connectivity index (χ0) is 17.1. The molecule has 124 valence electrons. The first kappa shape index (κ1) is 15.2. The van der Waals surface area contributed by atoms with Gasteiger partial charge < -0.3 is 10.6 Å². The summed E-state index contributed by atoms with van der Waals surface area (Å²) in [7, 11) is 0. The molecule has 0 saturated heterocycles. The highest BCUT2D eigenvalue weighted by Crippen LogP contribution is 2.47. The molecule has 1 aliphatic carbocycles. The Hall–Kier alpha value is -3.35. The number of hydrogen-bond donors (Lipinski definition) is 2. The summed E-state index contributed by atoms with van der Waals surface area (Å²) in [5.41, 5.74) is 1.73. The molecule has 0 spiro atoms. The Morgan fingerprint density at radius 1 is 1.04 bits per heavy atom. The van der Waals surface area contributed by atoms with Gasteiger partial charge >= 0.3 is 0 Å². The normalized spacial score (nSPS) is 17.2. The van der Waals surface area contributed by atoms with E-state index < -0.39 is 0 Å². The van der Waals surface area contributed by atoms with Gasteiger partial charge in [-0.05, 0) is 25.0 Å². The number of nitrogens with one attached hydrogen (secondary N) is 2. The Morgan fingerprint density at radius 3 is 2.52 bits per heavy atom. The molecular formula is C18H16N6O. The van der Waals surface area contributed by atoms with Crippen molar-refractivity contribution in [2.45, 2.75) is 18.4 Å². The Kier molecular flexibility index (Phi) is 3.81. The molecule has 2 N–H and O–H groups in total. The molecule has 7 heteroatoms. The van der Waals surface area contributed by atoms with Gasteiger partial charge in [-0.15, -0.1) is 0 Å². The van der Waals surface area contributed by atoms with Gasteiger partial charge in [-0.2, -0.15) is 0 Å². The van der Waals surface area contributed by atoms with Crippen LogP contribution >= 0.6 is 0 Å². The van der Waals surface area contributed by atoms with Crippen molar-refractivity contribution in [3.05, 3.63) is 78.4 Å². The Labute approximate surface area is 144 Å². The van der Waals surface area contributed by atoms with Crippen molar-refractivity contribution in [3.63, 3.8) is 0 Å². The second-order valence-electron chi connectivity index (χ2n) is 5.93. The lowest BCUT2D eigenvalue weighted by molar-refractivity contribution is 0.102. The zero-order valence-electron chi connectivity index (χ0n) is 13.4. The third-order valence-corrected chi connectivity index (χ3v) is 4.19. The summed E-state index contributed by atoms with van der Waals surface area (Å²) >= 11 is 0. The van der Waals surface area contributed by atoms with Crippen LogP contribution < -0.4 is 10.6 Å². The van der Waals surface area contributed by atoms with Crippen LogP contribution in [0, 0.1) is 0 Å². The van der Waals surface area contributed by atoms with E-state index >= 15 is 0 Å². The predicted molar refractivity (Wildman–Crippen MR) is 92.4 cm³/mol. The molecule has 0 bridgehead atoms. The molecule has 0 unspecified atom stereocenters. The summed E-state index contributed by atoms with van der Waals surface area (Å²) in [6.45, 7) is 0. The summed E-state index contributed by atoms with van der Waals surface area (Å²) in [6, 6.07) is 0. The van der Waals surface area contributed by atoms with Crippen molar-refractivity contribution in [2.75, 3.05) is 5.32 Å². The van der Waals surface area contributed by atoms with Gasteiger partial charge in [0.05, 0.1) is 16.8 Å². The second-order valence-corrected chi connectivity index (χ2v) is 5.93. The van der Waals surface area contributed by atoms with Gasteiger partial charge in [0.2, 0.25) is 11.7 Å². The molecule has 25 heavy (non-hydrogen) atoms. The predicted octanol–water partition coefficient (Wildman–Crippen LogP) is 2.11. The first-order chi connectivity index (χ1) is 12.3. The zero-order valence-corrected chi connectivity index (χ0v) is 13.4. The van der Waals surface area contributed by atoms with Crippen LogP contribution in [0.4, 0.5) is 5.95 Å². The number of carbonyl (C=O) groups is 1. The van der Waals surface area contributed by atoms with Gasteiger partial charge in [-0.25, -0.2) is 19.9 Å². The van der Waals surface area contributed by atoms with E-state index in [-0.39, 0.29) is 11.3 Å². The molecule has 7 nitrogen and oxygen atoms in total. The van der Waals surface area contributed by atoms with Gasteiger partial charge in [-0.3, -0.25) is 4.79 Å². The number of Topliss-reactive ketones (excluding diaryl/α,β-unsaturated/α-hetero) is 1. The van der Waals surface area contributed by atoms with E-state index in [1.165, 1.54) is 18.7 Å². The third-order valence-electron chi connectivity index (χ3n) is 4.19.